The zero-order valence-corrected chi connectivity index (χ0v) is 12.3. The van der Waals surface area contributed by atoms with Crippen molar-refractivity contribution in [1.82, 2.24) is 10.7 Å². The highest BCUT2D eigenvalue weighted by Crippen LogP contribution is 2.22. The standard InChI is InChI=1S/C14H19N3O4/c1-4-7-15-13(18)14(19)17-16-9-10-8-11(20-2)5-6-12(10)21-3/h5-6,8-9H,4,7H2,1-3H3,(H,15,18)(H,17,19)/b16-9-. The molecule has 114 valence electrons. The molecule has 0 fully saturated rings. The molecule has 21 heavy (non-hydrogen) atoms. The molecule has 0 radical (unpaired) electrons. The van der Waals surface area contributed by atoms with Crippen molar-refractivity contribution in [2.75, 3.05) is 20.8 Å². The van der Waals surface area contributed by atoms with Gasteiger partial charge < -0.3 is 14.8 Å². The van der Waals surface area contributed by atoms with E-state index in [1.54, 1.807) is 25.3 Å². The number of nitrogens with one attached hydrogen (secondary N) is 2. The maximum Gasteiger partial charge on any atom is 0.329 e. The van der Waals surface area contributed by atoms with Gasteiger partial charge in [0, 0.05) is 12.1 Å². The molecule has 1 aromatic rings. The molecule has 0 aliphatic carbocycles. The predicted octanol–water partition coefficient (Wildman–Crippen LogP) is 0.680. The Morgan fingerprint density at radius 2 is 2.00 bits per heavy atom. The summed E-state index contributed by atoms with van der Waals surface area (Å²) in [5.74, 6) is -0.332. The summed E-state index contributed by atoms with van der Waals surface area (Å²) in [6.07, 6.45) is 2.13. The monoisotopic (exact) mass is 293 g/mol. The topological polar surface area (TPSA) is 89.0 Å². The predicted molar refractivity (Wildman–Crippen MR) is 78.6 cm³/mol. The number of benzene rings is 1. The van der Waals surface area contributed by atoms with E-state index in [4.69, 9.17) is 9.47 Å². The van der Waals surface area contributed by atoms with Gasteiger partial charge in [0.25, 0.3) is 0 Å². The lowest BCUT2D eigenvalue weighted by atomic mass is 10.2. The van der Waals surface area contributed by atoms with Gasteiger partial charge in [-0.05, 0) is 24.6 Å². The van der Waals surface area contributed by atoms with Crippen LogP contribution in [0.15, 0.2) is 23.3 Å². The summed E-state index contributed by atoms with van der Waals surface area (Å²) < 4.78 is 10.3. The third kappa shape index (κ3) is 5.13. The van der Waals surface area contributed by atoms with Crippen LogP contribution in [0.5, 0.6) is 11.5 Å². The summed E-state index contributed by atoms with van der Waals surface area (Å²) in [5.41, 5.74) is 2.77. The highest BCUT2D eigenvalue weighted by Gasteiger charge is 2.11. The molecular formula is C14H19N3O4. The molecule has 0 atom stereocenters. The fraction of sp³-hybridized carbons (Fsp3) is 0.357. The van der Waals surface area contributed by atoms with Gasteiger partial charge >= 0.3 is 11.8 Å². The number of carbonyl (C=O) groups is 2. The van der Waals surface area contributed by atoms with Crippen LogP contribution in [0.4, 0.5) is 0 Å². The minimum Gasteiger partial charge on any atom is -0.497 e. The number of hydrogen-bond acceptors (Lipinski definition) is 5. The maximum absolute atomic E-state index is 11.4. The Morgan fingerprint density at radius 3 is 2.62 bits per heavy atom. The van der Waals surface area contributed by atoms with Crippen molar-refractivity contribution < 1.29 is 19.1 Å². The number of hydrazone groups is 1. The van der Waals surface area contributed by atoms with E-state index in [2.05, 4.69) is 15.8 Å². The van der Waals surface area contributed by atoms with Crippen molar-refractivity contribution >= 4 is 18.0 Å². The molecule has 1 aromatic carbocycles. The molecule has 0 aromatic heterocycles. The molecule has 0 saturated heterocycles. The fourth-order valence-corrected chi connectivity index (χ4v) is 1.47. The van der Waals surface area contributed by atoms with Crippen molar-refractivity contribution in [3.63, 3.8) is 0 Å². The largest absolute Gasteiger partial charge is 0.497 e. The van der Waals surface area contributed by atoms with Crippen molar-refractivity contribution in [1.29, 1.82) is 0 Å². The number of amides is 2. The number of rotatable bonds is 6. The average Bonchev–Trinajstić information content (AvgIpc) is 2.52. The SMILES string of the molecule is CCCNC(=O)C(=O)N/N=C\c1cc(OC)ccc1OC. The van der Waals surface area contributed by atoms with E-state index in [1.165, 1.54) is 13.3 Å². The Morgan fingerprint density at radius 1 is 1.24 bits per heavy atom. The van der Waals surface area contributed by atoms with Crippen LogP contribution in [0.1, 0.15) is 18.9 Å². The van der Waals surface area contributed by atoms with Crippen LogP contribution >= 0.6 is 0 Å². The fourth-order valence-electron chi connectivity index (χ4n) is 1.47. The molecule has 7 heteroatoms. The molecule has 0 heterocycles. The average molecular weight is 293 g/mol. The summed E-state index contributed by atoms with van der Waals surface area (Å²) in [5, 5.41) is 6.19. The first kappa shape index (κ1) is 16.5. The number of nitrogens with zero attached hydrogens (tertiary/aromatic N) is 1. The van der Waals surface area contributed by atoms with Gasteiger partial charge in [0.1, 0.15) is 11.5 Å². The first-order valence-corrected chi connectivity index (χ1v) is 6.45. The molecule has 0 aliphatic rings. The number of methoxy groups -OCH3 is 2. The molecule has 2 N–H and O–H groups in total. The molecule has 7 nitrogen and oxygen atoms in total. The molecule has 0 spiro atoms. The van der Waals surface area contributed by atoms with E-state index >= 15 is 0 Å². The van der Waals surface area contributed by atoms with Crippen molar-refractivity contribution in [3.05, 3.63) is 23.8 Å². The van der Waals surface area contributed by atoms with Crippen LogP contribution in [0.3, 0.4) is 0 Å². The molecule has 0 aliphatic heterocycles. The first-order chi connectivity index (χ1) is 10.1. The van der Waals surface area contributed by atoms with Crippen molar-refractivity contribution in [2.45, 2.75) is 13.3 Å². The summed E-state index contributed by atoms with van der Waals surface area (Å²) in [6.45, 7) is 2.34. The van der Waals surface area contributed by atoms with Gasteiger partial charge in [-0.2, -0.15) is 5.10 Å². The zero-order valence-electron chi connectivity index (χ0n) is 12.3. The first-order valence-electron chi connectivity index (χ1n) is 6.45. The summed E-state index contributed by atoms with van der Waals surface area (Å²) >= 11 is 0. The maximum atomic E-state index is 11.4. The Hall–Kier alpha value is -2.57. The highest BCUT2D eigenvalue weighted by molar-refractivity contribution is 6.35. The van der Waals surface area contributed by atoms with E-state index in [9.17, 15) is 9.59 Å². The van der Waals surface area contributed by atoms with Crippen LogP contribution in [0.2, 0.25) is 0 Å². The third-order valence-corrected chi connectivity index (χ3v) is 2.55. The minimum atomic E-state index is -0.818. The van der Waals surface area contributed by atoms with Gasteiger partial charge in [-0.3, -0.25) is 9.59 Å². The Labute approximate surface area is 123 Å². The molecule has 0 saturated carbocycles. The molecular weight excluding hydrogens is 274 g/mol. The second kappa shape index (κ2) is 8.57. The smallest absolute Gasteiger partial charge is 0.329 e. The van der Waals surface area contributed by atoms with Gasteiger partial charge in [-0.25, -0.2) is 5.43 Å². The Kier molecular flexibility index (Phi) is 6.73. The summed E-state index contributed by atoms with van der Waals surface area (Å²) in [7, 11) is 3.07. The quantitative estimate of drug-likeness (QED) is 0.458. The zero-order chi connectivity index (χ0) is 15.7. The number of ether oxygens (including phenoxy) is 2. The van der Waals surface area contributed by atoms with E-state index in [-0.39, 0.29) is 0 Å². The van der Waals surface area contributed by atoms with Crippen LogP contribution < -0.4 is 20.2 Å². The van der Waals surface area contributed by atoms with Gasteiger partial charge in [0.2, 0.25) is 0 Å². The van der Waals surface area contributed by atoms with Crippen molar-refractivity contribution in [3.8, 4) is 11.5 Å². The normalized spacial score (nSPS) is 10.2. The van der Waals surface area contributed by atoms with E-state index in [0.717, 1.165) is 6.42 Å². The van der Waals surface area contributed by atoms with Crippen molar-refractivity contribution in [2.24, 2.45) is 5.10 Å². The molecule has 0 unspecified atom stereocenters. The van der Waals surface area contributed by atoms with Crippen LogP contribution in [0.25, 0.3) is 0 Å². The number of carbonyl (C=O) groups excluding carboxylic acids is 2. The highest BCUT2D eigenvalue weighted by atomic mass is 16.5. The second-order valence-corrected chi connectivity index (χ2v) is 4.06. The van der Waals surface area contributed by atoms with E-state index in [0.29, 0.717) is 23.6 Å². The lowest BCUT2D eigenvalue weighted by Gasteiger charge is -2.06. The van der Waals surface area contributed by atoms with Gasteiger partial charge in [0.05, 0.1) is 20.4 Å². The minimum absolute atomic E-state index is 0.444. The van der Waals surface area contributed by atoms with E-state index < -0.39 is 11.8 Å². The summed E-state index contributed by atoms with van der Waals surface area (Å²) in [4.78, 5) is 22.7. The Balaban J connectivity index is 2.68. The van der Waals surface area contributed by atoms with Crippen LogP contribution in [0, 0.1) is 0 Å². The number of hydrogen-bond donors (Lipinski definition) is 2. The van der Waals surface area contributed by atoms with Gasteiger partial charge in [0.15, 0.2) is 0 Å². The lowest BCUT2D eigenvalue weighted by Crippen LogP contribution is -2.38. The van der Waals surface area contributed by atoms with Gasteiger partial charge in [-0.15, -0.1) is 0 Å². The lowest BCUT2D eigenvalue weighted by molar-refractivity contribution is -0.139. The molecule has 1 rings (SSSR count). The Bertz CT molecular complexity index is 529. The van der Waals surface area contributed by atoms with Crippen LogP contribution in [-0.2, 0) is 9.59 Å². The third-order valence-electron chi connectivity index (χ3n) is 2.55. The summed E-state index contributed by atoms with van der Waals surface area (Å²) in [6, 6.07) is 5.16. The molecule has 2 amide bonds. The second-order valence-electron chi connectivity index (χ2n) is 4.06. The van der Waals surface area contributed by atoms with E-state index in [1.807, 2.05) is 6.92 Å². The van der Waals surface area contributed by atoms with Crippen LogP contribution in [-0.4, -0.2) is 38.8 Å². The van der Waals surface area contributed by atoms with Gasteiger partial charge in [-0.1, -0.05) is 6.92 Å². The molecule has 0 bridgehead atoms.